The molecule has 96 valence electrons. The highest BCUT2D eigenvalue weighted by molar-refractivity contribution is 5.76. The Kier molecular flexibility index (Phi) is 5.69. The van der Waals surface area contributed by atoms with Gasteiger partial charge in [-0.2, -0.15) is 0 Å². The van der Waals surface area contributed by atoms with E-state index in [1.54, 1.807) is 12.4 Å². The zero-order valence-electron chi connectivity index (χ0n) is 10.6. The van der Waals surface area contributed by atoms with Crippen molar-refractivity contribution in [2.24, 2.45) is 5.73 Å². The van der Waals surface area contributed by atoms with E-state index < -0.39 is 0 Å². The van der Waals surface area contributed by atoms with Gasteiger partial charge in [0.15, 0.2) is 0 Å². The van der Waals surface area contributed by atoms with E-state index in [0.717, 1.165) is 25.1 Å². The fourth-order valence-corrected chi connectivity index (χ4v) is 1.68. The summed E-state index contributed by atoms with van der Waals surface area (Å²) in [6.45, 7) is 3.98. The molecule has 0 fully saturated rings. The summed E-state index contributed by atoms with van der Waals surface area (Å²) in [5.74, 6) is 0.877. The van der Waals surface area contributed by atoms with Gasteiger partial charge in [-0.1, -0.05) is 6.92 Å². The van der Waals surface area contributed by atoms with Gasteiger partial charge in [0.2, 0.25) is 5.91 Å². The predicted molar refractivity (Wildman–Crippen MR) is 67.3 cm³/mol. The van der Waals surface area contributed by atoms with Crippen LogP contribution in [0.2, 0.25) is 0 Å². The van der Waals surface area contributed by atoms with Gasteiger partial charge in [-0.15, -0.1) is 0 Å². The van der Waals surface area contributed by atoms with E-state index in [-0.39, 0.29) is 18.0 Å². The predicted octanol–water partition coefficient (Wildman–Crippen LogP) is 1.49. The molecule has 0 spiro atoms. The Morgan fingerprint density at radius 2 is 2.41 bits per heavy atom. The molecule has 0 aliphatic carbocycles. The lowest BCUT2D eigenvalue weighted by Crippen LogP contribution is -2.29. The van der Waals surface area contributed by atoms with Crippen LogP contribution in [0, 0.1) is 0 Å². The number of carbonyl (C=O) groups is 1. The van der Waals surface area contributed by atoms with Gasteiger partial charge >= 0.3 is 0 Å². The van der Waals surface area contributed by atoms with E-state index in [1.165, 1.54) is 0 Å². The molecule has 0 saturated carbocycles. The number of nitrogens with two attached hydrogens (primary N) is 1. The van der Waals surface area contributed by atoms with Crippen LogP contribution in [-0.4, -0.2) is 21.9 Å². The molecular weight excluding hydrogens is 216 g/mol. The highest BCUT2D eigenvalue weighted by Crippen LogP contribution is 2.11. The minimum Gasteiger partial charge on any atom is -0.347 e. The van der Waals surface area contributed by atoms with E-state index in [2.05, 4.69) is 15.3 Å². The summed E-state index contributed by atoms with van der Waals surface area (Å²) in [5.41, 5.74) is 5.64. The van der Waals surface area contributed by atoms with Crippen molar-refractivity contribution >= 4 is 5.91 Å². The van der Waals surface area contributed by atoms with E-state index in [9.17, 15) is 4.79 Å². The van der Waals surface area contributed by atoms with Crippen molar-refractivity contribution in [3.8, 4) is 0 Å². The SMILES string of the molecule is CCC(NC(=O)CCCC(C)N)c1ncc[nH]1. The second kappa shape index (κ2) is 7.06. The maximum absolute atomic E-state index is 11.7. The van der Waals surface area contributed by atoms with Crippen LogP contribution in [0.3, 0.4) is 0 Å². The van der Waals surface area contributed by atoms with Crippen molar-refractivity contribution in [2.75, 3.05) is 0 Å². The Balaban J connectivity index is 2.33. The van der Waals surface area contributed by atoms with E-state index in [4.69, 9.17) is 5.73 Å². The third-order valence-corrected chi connectivity index (χ3v) is 2.66. The molecule has 1 heterocycles. The molecule has 4 N–H and O–H groups in total. The van der Waals surface area contributed by atoms with Crippen LogP contribution in [-0.2, 0) is 4.79 Å². The number of carbonyl (C=O) groups excluding carboxylic acids is 1. The molecule has 2 atom stereocenters. The maximum Gasteiger partial charge on any atom is 0.220 e. The number of aromatic nitrogens is 2. The highest BCUT2D eigenvalue weighted by atomic mass is 16.1. The topological polar surface area (TPSA) is 83.8 Å². The maximum atomic E-state index is 11.7. The fourth-order valence-electron chi connectivity index (χ4n) is 1.68. The van der Waals surface area contributed by atoms with Gasteiger partial charge in [0.1, 0.15) is 5.82 Å². The lowest BCUT2D eigenvalue weighted by Gasteiger charge is -2.14. The van der Waals surface area contributed by atoms with Gasteiger partial charge in [0.25, 0.3) is 0 Å². The van der Waals surface area contributed by atoms with Crippen LogP contribution in [0.4, 0.5) is 0 Å². The first-order valence-corrected chi connectivity index (χ1v) is 6.17. The summed E-state index contributed by atoms with van der Waals surface area (Å²) >= 11 is 0. The second-order valence-electron chi connectivity index (χ2n) is 4.37. The molecular formula is C12H22N4O. The Morgan fingerprint density at radius 1 is 1.65 bits per heavy atom. The van der Waals surface area contributed by atoms with Gasteiger partial charge in [-0.3, -0.25) is 4.79 Å². The summed E-state index contributed by atoms with van der Waals surface area (Å²) in [6, 6.07) is 0.141. The van der Waals surface area contributed by atoms with Gasteiger partial charge in [0, 0.05) is 24.9 Å². The van der Waals surface area contributed by atoms with E-state index in [1.807, 2.05) is 13.8 Å². The minimum absolute atomic E-state index is 0.0206. The summed E-state index contributed by atoms with van der Waals surface area (Å²) in [6.07, 6.45) is 6.52. The van der Waals surface area contributed by atoms with Crippen LogP contribution in [0.25, 0.3) is 0 Å². The Labute approximate surface area is 102 Å². The standard InChI is InChI=1S/C12H22N4O/c1-3-10(12-14-7-8-15-12)16-11(17)6-4-5-9(2)13/h7-10H,3-6,13H2,1-2H3,(H,14,15)(H,16,17). The van der Waals surface area contributed by atoms with Gasteiger partial charge < -0.3 is 16.0 Å². The molecule has 17 heavy (non-hydrogen) atoms. The number of imidazole rings is 1. The molecule has 1 amide bonds. The van der Waals surface area contributed by atoms with Crippen LogP contribution < -0.4 is 11.1 Å². The number of nitrogens with one attached hydrogen (secondary N) is 2. The molecule has 1 rings (SSSR count). The first-order valence-electron chi connectivity index (χ1n) is 6.17. The molecule has 0 saturated heterocycles. The number of H-pyrrole nitrogens is 1. The zero-order valence-corrected chi connectivity index (χ0v) is 10.6. The third kappa shape index (κ3) is 4.99. The summed E-state index contributed by atoms with van der Waals surface area (Å²) in [5, 5.41) is 2.97. The summed E-state index contributed by atoms with van der Waals surface area (Å²) < 4.78 is 0. The van der Waals surface area contributed by atoms with Crippen LogP contribution >= 0.6 is 0 Å². The molecule has 1 aromatic heterocycles. The Hall–Kier alpha value is -1.36. The second-order valence-corrected chi connectivity index (χ2v) is 4.37. The summed E-state index contributed by atoms with van der Waals surface area (Å²) in [7, 11) is 0. The van der Waals surface area contributed by atoms with Crippen molar-refractivity contribution < 1.29 is 4.79 Å². The molecule has 2 unspecified atom stereocenters. The molecule has 0 aliphatic heterocycles. The molecule has 5 heteroatoms. The normalized spacial score (nSPS) is 14.3. The van der Waals surface area contributed by atoms with Gasteiger partial charge in [-0.05, 0) is 26.2 Å². The Bertz CT molecular complexity index is 321. The van der Waals surface area contributed by atoms with Crippen molar-refractivity contribution in [3.05, 3.63) is 18.2 Å². The van der Waals surface area contributed by atoms with Crippen molar-refractivity contribution in [3.63, 3.8) is 0 Å². The van der Waals surface area contributed by atoms with Gasteiger partial charge in [-0.25, -0.2) is 4.98 Å². The highest BCUT2D eigenvalue weighted by Gasteiger charge is 2.14. The largest absolute Gasteiger partial charge is 0.347 e. The molecule has 0 aliphatic rings. The minimum atomic E-state index is -0.0206. The fraction of sp³-hybridized carbons (Fsp3) is 0.667. The van der Waals surface area contributed by atoms with Crippen LogP contribution in [0.1, 0.15) is 51.4 Å². The molecule has 5 nitrogen and oxygen atoms in total. The number of nitrogens with zero attached hydrogens (tertiary/aromatic N) is 1. The molecule has 1 aromatic rings. The Morgan fingerprint density at radius 3 is 2.94 bits per heavy atom. The van der Waals surface area contributed by atoms with Crippen LogP contribution in [0.5, 0.6) is 0 Å². The first-order chi connectivity index (χ1) is 8.13. The lowest BCUT2D eigenvalue weighted by atomic mass is 10.1. The smallest absolute Gasteiger partial charge is 0.220 e. The molecule has 0 bridgehead atoms. The number of hydrogen-bond acceptors (Lipinski definition) is 3. The lowest BCUT2D eigenvalue weighted by molar-refractivity contribution is -0.122. The van der Waals surface area contributed by atoms with Crippen molar-refractivity contribution in [2.45, 2.75) is 51.6 Å². The molecule has 0 radical (unpaired) electrons. The van der Waals surface area contributed by atoms with E-state index in [0.29, 0.717) is 6.42 Å². The van der Waals surface area contributed by atoms with Crippen molar-refractivity contribution in [1.29, 1.82) is 0 Å². The number of aromatic amines is 1. The monoisotopic (exact) mass is 238 g/mol. The van der Waals surface area contributed by atoms with Gasteiger partial charge in [0.05, 0.1) is 6.04 Å². The summed E-state index contributed by atoms with van der Waals surface area (Å²) in [4.78, 5) is 18.9. The van der Waals surface area contributed by atoms with Crippen LogP contribution in [0.15, 0.2) is 12.4 Å². The number of amides is 1. The first kappa shape index (κ1) is 13.7. The molecule has 0 aromatic carbocycles. The average molecular weight is 238 g/mol. The van der Waals surface area contributed by atoms with Crippen molar-refractivity contribution in [1.82, 2.24) is 15.3 Å². The third-order valence-electron chi connectivity index (χ3n) is 2.66. The number of rotatable bonds is 7. The van der Waals surface area contributed by atoms with E-state index >= 15 is 0 Å². The quantitative estimate of drug-likeness (QED) is 0.673. The zero-order chi connectivity index (χ0) is 12.7. The number of hydrogen-bond donors (Lipinski definition) is 3. The average Bonchev–Trinajstić information content (AvgIpc) is 2.78.